The molecule has 5 nitrogen and oxygen atoms in total. The molecule has 1 aliphatic rings. The Kier molecular flexibility index (Phi) is 5.89. The molecule has 0 spiro atoms. The Morgan fingerprint density at radius 3 is 2.58 bits per heavy atom. The molecule has 3 rings (SSSR count). The van der Waals surface area contributed by atoms with Crippen LogP contribution in [-0.2, 0) is 14.3 Å². The summed E-state index contributed by atoms with van der Waals surface area (Å²) in [6.45, 7) is 2.53. The fourth-order valence-corrected chi connectivity index (χ4v) is 3.18. The molecule has 1 N–H and O–H groups in total. The third kappa shape index (κ3) is 4.63. The van der Waals surface area contributed by atoms with Crippen molar-refractivity contribution in [1.29, 1.82) is 0 Å². The third-order valence-electron chi connectivity index (χ3n) is 4.43. The second-order valence-electron chi connectivity index (χ2n) is 6.33. The maximum absolute atomic E-state index is 12.2. The minimum Gasteiger partial charge on any atom is -0.494 e. The van der Waals surface area contributed by atoms with Crippen LogP contribution in [0, 0.1) is 5.92 Å². The molecule has 0 saturated carbocycles. The highest BCUT2D eigenvalue weighted by molar-refractivity contribution is 5.90. The van der Waals surface area contributed by atoms with E-state index in [-0.39, 0.29) is 23.9 Å². The predicted octanol–water partition coefficient (Wildman–Crippen LogP) is 4.11. The quantitative estimate of drug-likeness (QED) is 0.761. The molecule has 1 saturated heterocycles. The second kappa shape index (κ2) is 8.52. The fourth-order valence-electron chi connectivity index (χ4n) is 3.18. The zero-order valence-electron chi connectivity index (χ0n) is 14.8. The van der Waals surface area contributed by atoms with Crippen LogP contribution in [0.5, 0.6) is 5.75 Å². The summed E-state index contributed by atoms with van der Waals surface area (Å²) < 4.78 is 10.8. The Morgan fingerprint density at radius 2 is 1.88 bits per heavy atom. The SMILES string of the molecule is CCOc1ccc(NC(=O)CC[C@H]2CC(=O)O[C@@H]2c2ccccc2)cc1. The zero-order valence-corrected chi connectivity index (χ0v) is 14.8. The maximum Gasteiger partial charge on any atom is 0.306 e. The van der Waals surface area contributed by atoms with Crippen molar-refractivity contribution in [3.63, 3.8) is 0 Å². The minimum absolute atomic E-state index is 0.0241. The lowest BCUT2D eigenvalue weighted by Gasteiger charge is -2.17. The van der Waals surface area contributed by atoms with Crippen LogP contribution < -0.4 is 10.1 Å². The summed E-state index contributed by atoms with van der Waals surface area (Å²) in [4.78, 5) is 24.0. The first kappa shape index (κ1) is 18.0. The smallest absolute Gasteiger partial charge is 0.306 e. The molecule has 2 aromatic rings. The Morgan fingerprint density at radius 1 is 1.15 bits per heavy atom. The van der Waals surface area contributed by atoms with E-state index in [0.29, 0.717) is 25.9 Å². The number of rotatable bonds is 7. The monoisotopic (exact) mass is 353 g/mol. The maximum atomic E-state index is 12.2. The van der Waals surface area contributed by atoms with Crippen molar-refractivity contribution in [2.24, 2.45) is 5.92 Å². The van der Waals surface area contributed by atoms with Crippen LogP contribution in [0.25, 0.3) is 0 Å². The molecule has 1 fully saturated rings. The van der Waals surface area contributed by atoms with E-state index in [1.807, 2.05) is 61.5 Å². The predicted molar refractivity (Wildman–Crippen MR) is 98.9 cm³/mol. The van der Waals surface area contributed by atoms with Gasteiger partial charge in [0.1, 0.15) is 11.9 Å². The molecule has 2 aromatic carbocycles. The molecule has 0 aliphatic carbocycles. The van der Waals surface area contributed by atoms with Gasteiger partial charge in [-0.15, -0.1) is 0 Å². The molecule has 1 amide bonds. The van der Waals surface area contributed by atoms with Gasteiger partial charge < -0.3 is 14.8 Å². The van der Waals surface area contributed by atoms with E-state index in [1.54, 1.807) is 0 Å². The lowest BCUT2D eigenvalue weighted by molar-refractivity contribution is -0.141. The number of amides is 1. The van der Waals surface area contributed by atoms with Gasteiger partial charge in [0.15, 0.2) is 0 Å². The number of anilines is 1. The van der Waals surface area contributed by atoms with E-state index >= 15 is 0 Å². The molecule has 136 valence electrons. The summed E-state index contributed by atoms with van der Waals surface area (Å²) in [5.41, 5.74) is 1.71. The molecule has 0 bridgehead atoms. The average molecular weight is 353 g/mol. The lowest BCUT2D eigenvalue weighted by Crippen LogP contribution is -2.15. The van der Waals surface area contributed by atoms with Crippen molar-refractivity contribution in [2.45, 2.75) is 32.3 Å². The summed E-state index contributed by atoms with van der Waals surface area (Å²) in [6, 6.07) is 17.0. The van der Waals surface area contributed by atoms with Gasteiger partial charge >= 0.3 is 5.97 Å². The molecule has 1 heterocycles. The Hall–Kier alpha value is -2.82. The zero-order chi connectivity index (χ0) is 18.4. The second-order valence-corrected chi connectivity index (χ2v) is 6.33. The number of carbonyl (C=O) groups is 2. The standard InChI is InChI=1S/C21H23NO4/c1-2-25-18-11-9-17(10-12-18)22-19(23)13-8-16-14-20(24)26-21(16)15-6-4-3-5-7-15/h3-7,9-12,16,21H,2,8,13-14H2,1H3,(H,22,23)/t16-,21+/m0/s1. The van der Waals surface area contributed by atoms with Crippen molar-refractivity contribution in [3.05, 3.63) is 60.2 Å². The molecule has 1 aliphatic heterocycles. The van der Waals surface area contributed by atoms with E-state index in [0.717, 1.165) is 17.0 Å². The van der Waals surface area contributed by atoms with Crippen LogP contribution in [0.2, 0.25) is 0 Å². The molecular formula is C21H23NO4. The summed E-state index contributed by atoms with van der Waals surface area (Å²) >= 11 is 0. The van der Waals surface area contributed by atoms with Gasteiger partial charge in [-0.05, 0) is 43.2 Å². The fraction of sp³-hybridized carbons (Fsp3) is 0.333. The molecule has 5 heteroatoms. The van der Waals surface area contributed by atoms with E-state index in [2.05, 4.69) is 5.32 Å². The first-order valence-corrected chi connectivity index (χ1v) is 8.93. The highest BCUT2D eigenvalue weighted by Crippen LogP contribution is 2.38. The summed E-state index contributed by atoms with van der Waals surface area (Å²) in [6.07, 6.45) is 1.05. The van der Waals surface area contributed by atoms with Gasteiger partial charge in [-0.1, -0.05) is 30.3 Å². The largest absolute Gasteiger partial charge is 0.494 e. The molecule has 0 unspecified atom stereocenters. The normalized spacial score (nSPS) is 19.0. The third-order valence-corrected chi connectivity index (χ3v) is 4.43. The number of benzene rings is 2. The van der Waals surface area contributed by atoms with Gasteiger partial charge in [0.05, 0.1) is 13.0 Å². The number of carbonyl (C=O) groups excluding carboxylic acids is 2. The molecule has 0 radical (unpaired) electrons. The summed E-state index contributed by atoms with van der Waals surface area (Å²) in [7, 11) is 0. The average Bonchev–Trinajstić information content (AvgIpc) is 3.03. The van der Waals surface area contributed by atoms with Gasteiger partial charge in [0.25, 0.3) is 0 Å². The summed E-state index contributed by atoms with van der Waals surface area (Å²) in [5, 5.41) is 2.88. The van der Waals surface area contributed by atoms with Gasteiger partial charge in [0.2, 0.25) is 5.91 Å². The topological polar surface area (TPSA) is 64.6 Å². The van der Waals surface area contributed by atoms with Gasteiger partial charge in [-0.2, -0.15) is 0 Å². The van der Waals surface area contributed by atoms with Crippen LogP contribution in [0.3, 0.4) is 0 Å². The Balaban J connectivity index is 1.54. The molecule has 26 heavy (non-hydrogen) atoms. The molecular weight excluding hydrogens is 330 g/mol. The van der Waals surface area contributed by atoms with Crippen LogP contribution in [0.1, 0.15) is 37.9 Å². The van der Waals surface area contributed by atoms with Crippen molar-refractivity contribution in [2.75, 3.05) is 11.9 Å². The molecule has 0 aromatic heterocycles. The number of ether oxygens (including phenoxy) is 2. The highest BCUT2D eigenvalue weighted by Gasteiger charge is 2.35. The molecule has 2 atom stereocenters. The van der Waals surface area contributed by atoms with Gasteiger partial charge in [-0.3, -0.25) is 9.59 Å². The number of hydrogen-bond donors (Lipinski definition) is 1. The number of nitrogens with one attached hydrogen (secondary N) is 1. The Bertz CT molecular complexity index is 742. The van der Waals surface area contributed by atoms with Crippen molar-refractivity contribution in [3.8, 4) is 5.75 Å². The van der Waals surface area contributed by atoms with Crippen LogP contribution in [0.15, 0.2) is 54.6 Å². The first-order chi connectivity index (χ1) is 12.7. The van der Waals surface area contributed by atoms with Crippen molar-refractivity contribution >= 4 is 17.6 Å². The highest BCUT2D eigenvalue weighted by atomic mass is 16.5. The van der Waals surface area contributed by atoms with Gasteiger partial charge in [-0.25, -0.2) is 0 Å². The van der Waals surface area contributed by atoms with Crippen LogP contribution in [0.4, 0.5) is 5.69 Å². The lowest BCUT2D eigenvalue weighted by atomic mass is 9.91. The Labute approximate surface area is 153 Å². The van der Waals surface area contributed by atoms with E-state index in [9.17, 15) is 9.59 Å². The van der Waals surface area contributed by atoms with Crippen LogP contribution >= 0.6 is 0 Å². The van der Waals surface area contributed by atoms with Crippen molar-refractivity contribution in [1.82, 2.24) is 0 Å². The minimum atomic E-state index is -0.262. The van der Waals surface area contributed by atoms with Crippen LogP contribution in [-0.4, -0.2) is 18.5 Å². The summed E-state index contributed by atoms with van der Waals surface area (Å²) in [5.74, 6) is 0.532. The first-order valence-electron chi connectivity index (χ1n) is 8.93. The van der Waals surface area contributed by atoms with Gasteiger partial charge in [0, 0.05) is 18.0 Å². The van der Waals surface area contributed by atoms with E-state index in [1.165, 1.54) is 0 Å². The number of esters is 1. The number of hydrogen-bond acceptors (Lipinski definition) is 4. The van der Waals surface area contributed by atoms with E-state index in [4.69, 9.17) is 9.47 Å². The number of cyclic esters (lactones) is 1. The van der Waals surface area contributed by atoms with E-state index < -0.39 is 0 Å². The van der Waals surface area contributed by atoms with Crippen molar-refractivity contribution < 1.29 is 19.1 Å².